The van der Waals surface area contributed by atoms with Crippen molar-refractivity contribution in [1.82, 2.24) is 9.78 Å². The van der Waals surface area contributed by atoms with Crippen LogP contribution in [0.25, 0.3) is 17.1 Å². The highest BCUT2D eigenvalue weighted by atomic mass is 16.3. The summed E-state index contributed by atoms with van der Waals surface area (Å²) in [6, 6.07) is 13.9. The molecule has 0 amide bonds. The molecule has 0 aliphatic heterocycles. The van der Waals surface area contributed by atoms with Gasteiger partial charge in [0.15, 0.2) is 5.76 Å². The summed E-state index contributed by atoms with van der Waals surface area (Å²) in [6.07, 6.45) is 1.66. The van der Waals surface area contributed by atoms with E-state index in [1.807, 2.05) is 54.1 Å². The molecule has 0 unspecified atom stereocenters. The van der Waals surface area contributed by atoms with Gasteiger partial charge in [0.05, 0.1) is 17.6 Å². The Balaban J connectivity index is 2.14. The first-order valence-electron chi connectivity index (χ1n) is 6.18. The third-order valence-electron chi connectivity index (χ3n) is 3.00. The number of aryl methyl sites for hydroxylation is 1. The fourth-order valence-corrected chi connectivity index (χ4v) is 2.11. The zero-order valence-electron chi connectivity index (χ0n) is 10.7. The molecule has 0 saturated heterocycles. The maximum absolute atomic E-state index is 5.69. The highest BCUT2D eigenvalue weighted by Crippen LogP contribution is 2.24. The maximum atomic E-state index is 5.69. The van der Waals surface area contributed by atoms with Gasteiger partial charge in [-0.25, -0.2) is 4.68 Å². The summed E-state index contributed by atoms with van der Waals surface area (Å²) >= 11 is 0. The lowest BCUT2D eigenvalue weighted by Gasteiger charge is -2.07. The van der Waals surface area contributed by atoms with Crippen LogP contribution in [0.1, 0.15) is 11.3 Å². The summed E-state index contributed by atoms with van der Waals surface area (Å²) in [5, 5.41) is 4.53. The number of furan rings is 1. The van der Waals surface area contributed by atoms with Crippen LogP contribution in [0.15, 0.2) is 53.1 Å². The molecule has 4 heteroatoms. The van der Waals surface area contributed by atoms with Gasteiger partial charge in [0.1, 0.15) is 5.69 Å². The van der Waals surface area contributed by atoms with Gasteiger partial charge < -0.3 is 10.2 Å². The molecule has 2 aromatic heterocycles. The van der Waals surface area contributed by atoms with Gasteiger partial charge in [0.25, 0.3) is 0 Å². The molecule has 2 N–H and O–H groups in total. The average Bonchev–Trinajstić information content (AvgIpc) is 3.07. The fourth-order valence-electron chi connectivity index (χ4n) is 2.11. The Hall–Kier alpha value is -2.33. The van der Waals surface area contributed by atoms with E-state index in [1.165, 1.54) is 0 Å². The molecule has 0 bridgehead atoms. The predicted molar refractivity (Wildman–Crippen MR) is 73.9 cm³/mol. The Kier molecular flexibility index (Phi) is 2.93. The quantitative estimate of drug-likeness (QED) is 0.780. The van der Waals surface area contributed by atoms with Crippen molar-refractivity contribution in [3.05, 3.63) is 60.0 Å². The van der Waals surface area contributed by atoms with Gasteiger partial charge in [0, 0.05) is 6.54 Å². The van der Waals surface area contributed by atoms with Crippen LogP contribution in [0.3, 0.4) is 0 Å². The van der Waals surface area contributed by atoms with Gasteiger partial charge in [-0.2, -0.15) is 5.10 Å². The van der Waals surface area contributed by atoms with Gasteiger partial charge in [-0.3, -0.25) is 0 Å². The second-order valence-corrected chi connectivity index (χ2v) is 4.43. The Bertz CT molecular complexity index is 683. The van der Waals surface area contributed by atoms with Crippen LogP contribution in [0.5, 0.6) is 0 Å². The Morgan fingerprint density at radius 2 is 2.11 bits per heavy atom. The number of hydrogen-bond donors (Lipinski definition) is 1. The van der Waals surface area contributed by atoms with E-state index in [0.29, 0.717) is 6.54 Å². The van der Waals surface area contributed by atoms with Gasteiger partial charge in [-0.15, -0.1) is 0 Å². The Labute approximate surface area is 111 Å². The molecule has 2 heterocycles. The van der Waals surface area contributed by atoms with Crippen LogP contribution in [0, 0.1) is 6.92 Å². The summed E-state index contributed by atoms with van der Waals surface area (Å²) in [6.45, 7) is 2.49. The van der Waals surface area contributed by atoms with Crippen LogP contribution >= 0.6 is 0 Å². The third-order valence-corrected chi connectivity index (χ3v) is 3.00. The standard InChI is InChI=1S/C15H15N3O/c1-11-8-14(15-6-3-7-19-15)18(17-11)13-5-2-4-12(9-13)10-16/h2-9H,10,16H2,1H3. The number of hydrogen-bond acceptors (Lipinski definition) is 3. The van der Waals surface area contributed by atoms with Crippen LogP contribution in [0.2, 0.25) is 0 Å². The smallest absolute Gasteiger partial charge is 0.152 e. The molecule has 4 nitrogen and oxygen atoms in total. The van der Waals surface area contributed by atoms with E-state index in [1.54, 1.807) is 6.26 Å². The summed E-state index contributed by atoms with van der Waals surface area (Å²) < 4.78 is 7.35. The van der Waals surface area contributed by atoms with E-state index in [0.717, 1.165) is 28.4 Å². The second-order valence-electron chi connectivity index (χ2n) is 4.43. The molecule has 3 rings (SSSR count). The second kappa shape index (κ2) is 4.74. The van der Waals surface area contributed by atoms with E-state index >= 15 is 0 Å². The molecule has 1 aromatic carbocycles. The summed E-state index contributed by atoms with van der Waals surface area (Å²) in [4.78, 5) is 0. The van der Waals surface area contributed by atoms with E-state index in [-0.39, 0.29) is 0 Å². The van der Waals surface area contributed by atoms with Crippen LogP contribution in [-0.2, 0) is 6.54 Å². The summed E-state index contributed by atoms with van der Waals surface area (Å²) in [5.41, 5.74) is 9.64. The molecule has 0 saturated carbocycles. The average molecular weight is 253 g/mol. The number of rotatable bonds is 3. The van der Waals surface area contributed by atoms with Crippen molar-refractivity contribution in [2.24, 2.45) is 5.73 Å². The first-order valence-corrected chi connectivity index (χ1v) is 6.18. The van der Waals surface area contributed by atoms with E-state index in [4.69, 9.17) is 10.2 Å². The molecule has 96 valence electrons. The summed E-state index contributed by atoms with van der Waals surface area (Å²) in [5.74, 6) is 0.804. The lowest BCUT2D eigenvalue weighted by atomic mass is 10.2. The fraction of sp³-hybridized carbons (Fsp3) is 0.133. The van der Waals surface area contributed by atoms with Crippen molar-refractivity contribution >= 4 is 0 Å². The minimum absolute atomic E-state index is 0.518. The van der Waals surface area contributed by atoms with Gasteiger partial charge in [0.2, 0.25) is 0 Å². The minimum atomic E-state index is 0.518. The number of nitrogens with two attached hydrogens (primary N) is 1. The normalized spacial score (nSPS) is 10.8. The topological polar surface area (TPSA) is 57.0 Å². The zero-order chi connectivity index (χ0) is 13.2. The highest BCUT2D eigenvalue weighted by Gasteiger charge is 2.12. The Morgan fingerprint density at radius 3 is 2.84 bits per heavy atom. The third kappa shape index (κ3) is 2.18. The molecule has 19 heavy (non-hydrogen) atoms. The van der Waals surface area contributed by atoms with E-state index in [9.17, 15) is 0 Å². The molecule has 0 spiro atoms. The first kappa shape index (κ1) is 11.7. The van der Waals surface area contributed by atoms with E-state index < -0.39 is 0 Å². The lowest BCUT2D eigenvalue weighted by Crippen LogP contribution is -2.02. The first-order chi connectivity index (χ1) is 9.28. The highest BCUT2D eigenvalue weighted by molar-refractivity contribution is 5.57. The van der Waals surface area contributed by atoms with Gasteiger partial charge >= 0.3 is 0 Å². The lowest BCUT2D eigenvalue weighted by molar-refractivity contribution is 0.577. The monoisotopic (exact) mass is 253 g/mol. The largest absolute Gasteiger partial charge is 0.463 e. The van der Waals surface area contributed by atoms with Gasteiger partial charge in [-0.05, 0) is 42.8 Å². The van der Waals surface area contributed by atoms with Crippen molar-refractivity contribution in [2.75, 3.05) is 0 Å². The van der Waals surface area contributed by atoms with Crippen molar-refractivity contribution < 1.29 is 4.42 Å². The van der Waals surface area contributed by atoms with Crippen LogP contribution in [-0.4, -0.2) is 9.78 Å². The molecule has 3 aromatic rings. The van der Waals surface area contributed by atoms with Crippen LogP contribution < -0.4 is 5.73 Å². The predicted octanol–water partition coefficient (Wildman–Crippen LogP) is 2.90. The molecule has 0 atom stereocenters. The number of nitrogens with zero attached hydrogens (tertiary/aromatic N) is 2. The summed E-state index contributed by atoms with van der Waals surface area (Å²) in [7, 11) is 0. The minimum Gasteiger partial charge on any atom is -0.463 e. The molecule has 0 radical (unpaired) electrons. The molecular formula is C15H15N3O. The number of benzene rings is 1. The molecule has 0 aliphatic carbocycles. The zero-order valence-corrected chi connectivity index (χ0v) is 10.7. The van der Waals surface area contributed by atoms with Crippen LogP contribution in [0.4, 0.5) is 0 Å². The molecule has 0 aliphatic rings. The van der Waals surface area contributed by atoms with E-state index in [2.05, 4.69) is 5.10 Å². The van der Waals surface area contributed by atoms with Crippen molar-refractivity contribution in [3.8, 4) is 17.1 Å². The van der Waals surface area contributed by atoms with Crippen molar-refractivity contribution in [2.45, 2.75) is 13.5 Å². The van der Waals surface area contributed by atoms with Crippen molar-refractivity contribution in [3.63, 3.8) is 0 Å². The maximum Gasteiger partial charge on any atom is 0.152 e. The number of aromatic nitrogens is 2. The molecular weight excluding hydrogens is 238 g/mol. The Morgan fingerprint density at radius 1 is 1.21 bits per heavy atom. The SMILES string of the molecule is Cc1cc(-c2ccco2)n(-c2cccc(CN)c2)n1. The van der Waals surface area contributed by atoms with Crippen molar-refractivity contribution in [1.29, 1.82) is 0 Å². The van der Waals surface area contributed by atoms with Gasteiger partial charge in [-0.1, -0.05) is 12.1 Å². The molecule has 0 fully saturated rings.